The summed E-state index contributed by atoms with van der Waals surface area (Å²) in [4.78, 5) is 11.7. The quantitative estimate of drug-likeness (QED) is 0.631. The van der Waals surface area contributed by atoms with Gasteiger partial charge in [-0.2, -0.15) is 0 Å². The summed E-state index contributed by atoms with van der Waals surface area (Å²) in [6.07, 6.45) is 6.87. The highest BCUT2D eigenvalue weighted by Gasteiger charge is 2.23. The second kappa shape index (κ2) is 8.78. The van der Waals surface area contributed by atoms with E-state index in [1.54, 1.807) is 7.05 Å². The molecule has 1 heterocycles. The molecule has 1 amide bonds. The van der Waals surface area contributed by atoms with E-state index in [9.17, 15) is 4.79 Å². The van der Waals surface area contributed by atoms with Gasteiger partial charge < -0.3 is 9.88 Å². The van der Waals surface area contributed by atoms with Crippen LogP contribution in [0.5, 0.6) is 0 Å². The zero-order chi connectivity index (χ0) is 19.3. The summed E-state index contributed by atoms with van der Waals surface area (Å²) in [7, 11) is 1.67. The summed E-state index contributed by atoms with van der Waals surface area (Å²) >= 11 is 1.49. The van der Waals surface area contributed by atoms with Gasteiger partial charge in [0.2, 0.25) is 5.91 Å². The van der Waals surface area contributed by atoms with E-state index in [1.807, 2.05) is 0 Å². The standard InChI is InChI=1S/C22H26N4OS/c1-23-21(27)15-28-22-25-24-20(26(22)18-11-3-2-4-12-18)14-17-10-7-9-16-8-5-6-13-19(16)17/h5-10,13,18H,2-4,11-12,14-15H2,1H3,(H,23,27). The van der Waals surface area contributed by atoms with Gasteiger partial charge in [0.05, 0.1) is 5.75 Å². The number of amides is 1. The van der Waals surface area contributed by atoms with E-state index in [1.165, 1.54) is 47.4 Å². The summed E-state index contributed by atoms with van der Waals surface area (Å²) < 4.78 is 2.31. The molecule has 146 valence electrons. The molecule has 4 rings (SSSR count). The number of hydrogen-bond donors (Lipinski definition) is 1. The third kappa shape index (κ3) is 4.07. The lowest BCUT2D eigenvalue weighted by molar-refractivity contribution is -0.118. The fraction of sp³-hybridized carbons (Fsp3) is 0.409. The van der Waals surface area contributed by atoms with Crippen molar-refractivity contribution in [1.82, 2.24) is 20.1 Å². The van der Waals surface area contributed by atoms with Crippen molar-refractivity contribution in [1.29, 1.82) is 0 Å². The van der Waals surface area contributed by atoms with Gasteiger partial charge in [0, 0.05) is 19.5 Å². The number of thioether (sulfide) groups is 1. The molecule has 0 aliphatic heterocycles. The predicted octanol–water partition coefficient (Wildman–Crippen LogP) is 4.37. The second-order valence-corrected chi connectivity index (χ2v) is 8.28. The second-order valence-electron chi connectivity index (χ2n) is 7.34. The van der Waals surface area contributed by atoms with Crippen LogP contribution < -0.4 is 5.32 Å². The molecular formula is C22H26N4OS. The third-order valence-electron chi connectivity index (χ3n) is 5.51. The number of benzene rings is 2. The smallest absolute Gasteiger partial charge is 0.230 e. The molecule has 0 spiro atoms. The molecule has 28 heavy (non-hydrogen) atoms. The van der Waals surface area contributed by atoms with Gasteiger partial charge in [0.1, 0.15) is 5.82 Å². The molecule has 0 radical (unpaired) electrons. The molecule has 1 N–H and O–H groups in total. The van der Waals surface area contributed by atoms with Crippen LogP contribution in [-0.4, -0.2) is 33.5 Å². The molecule has 1 aliphatic carbocycles. The number of nitrogens with one attached hydrogen (secondary N) is 1. The highest BCUT2D eigenvalue weighted by atomic mass is 32.2. The first kappa shape index (κ1) is 19.0. The fourth-order valence-corrected chi connectivity index (χ4v) is 4.95. The molecular weight excluding hydrogens is 368 g/mol. The van der Waals surface area contributed by atoms with Crippen molar-refractivity contribution in [2.24, 2.45) is 0 Å². The van der Waals surface area contributed by atoms with Crippen molar-refractivity contribution in [2.45, 2.75) is 49.7 Å². The van der Waals surface area contributed by atoms with E-state index < -0.39 is 0 Å². The van der Waals surface area contributed by atoms with Crippen LogP contribution in [0.25, 0.3) is 10.8 Å². The molecule has 1 saturated carbocycles. The molecule has 0 saturated heterocycles. The Kier molecular flexibility index (Phi) is 5.95. The molecule has 0 bridgehead atoms. The van der Waals surface area contributed by atoms with E-state index in [0.717, 1.165) is 30.2 Å². The highest BCUT2D eigenvalue weighted by Crippen LogP contribution is 2.33. The molecule has 5 nitrogen and oxygen atoms in total. The number of nitrogens with zero attached hydrogens (tertiary/aromatic N) is 3. The van der Waals surface area contributed by atoms with Gasteiger partial charge in [0.15, 0.2) is 5.16 Å². The molecule has 0 unspecified atom stereocenters. The summed E-state index contributed by atoms with van der Waals surface area (Å²) in [6, 6.07) is 15.4. The first-order valence-corrected chi connectivity index (χ1v) is 11.0. The monoisotopic (exact) mass is 394 g/mol. The van der Waals surface area contributed by atoms with Gasteiger partial charge in [-0.15, -0.1) is 10.2 Å². The van der Waals surface area contributed by atoms with Crippen LogP contribution >= 0.6 is 11.8 Å². The van der Waals surface area contributed by atoms with Gasteiger partial charge in [-0.25, -0.2) is 0 Å². The van der Waals surface area contributed by atoms with Gasteiger partial charge in [-0.3, -0.25) is 4.79 Å². The van der Waals surface area contributed by atoms with Gasteiger partial charge >= 0.3 is 0 Å². The minimum atomic E-state index is 0.0128. The van der Waals surface area contributed by atoms with E-state index >= 15 is 0 Å². The first-order valence-electron chi connectivity index (χ1n) is 10.00. The van der Waals surface area contributed by atoms with Crippen LogP contribution in [0.4, 0.5) is 0 Å². The number of carbonyl (C=O) groups excluding carboxylic acids is 1. The molecule has 0 atom stereocenters. The van der Waals surface area contributed by atoms with Crippen molar-refractivity contribution in [3.8, 4) is 0 Å². The Morgan fingerprint density at radius 2 is 1.89 bits per heavy atom. The Bertz CT molecular complexity index is 957. The van der Waals surface area contributed by atoms with Crippen LogP contribution in [0, 0.1) is 0 Å². The molecule has 2 aromatic carbocycles. The summed E-state index contributed by atoms with van der Waals surface area (Å²) in [5, 5.41) is 15.1. The van der Waals surface area contributed by atoms with E-state index in [0.29, 0.717) is 11.8 Å². The molecule has 1 aliphatic rings. The van der Waals surface area contributed by atoms with Gasteiger partial charge in [-0.1, -0.05) is 73.5 Å². The molecule has 1 aromatic heterocycles. The van der Waals surface area contributed by atoms with Crippen LogP contribution in [0.2, 0.25) is 0 Å². The van der Waals surface area contributed by atoms with Crippen molar-refractivity contribution in [2.75, 3.05) is 12.8 Å². The highest BCUT2D eigenvalue weighted by molar-refractivity contribution is 7.99. The SMILES string of the molecule is CNC(=O)CSc1nnc(Cc2cccc3ccccc23)n1C1CCCCC1. The lowest BCUT2D eigenvalue weighted by atomic mass is 9.95. The Morgan fingerprint density at radius 3 is 2.71 bits per heavy atom. The largest absolute Gasteiger partial charge is 0.358 e. The Hall–Kier alpha value is -2.34. The van der Waals surface area contributed by atoms with Crippen LogP contribution in [0.1, 0.15) is 49.5 Å². The average molecular weight is 395 g/mol. The van der Waals surface area contributed by atoms with Crippen LogP contribution in [0.3, 0.4) is 0 Å². The number of rotatable bonds is 6. The molecule has 3 aromatic rings. The topological polar surface area (TPSA) is 59.8 Å². The van der Waals surface area contributed by atoms with Crippen LogP contribution in [0.15, 0.2) is 47.6 Å². The van der Waals surface area contributed by atoms with Crippen molar-refractivity contribution >= 4 is 28.4 Å². The van der Waals surface area contributed by atoms with Crippen molar-refractivity contribution in [3.63, 3.8) is 0 Å². The van der Waals surface area contributed by atoms with Gasteiger partial charge in [-0.05, 0) is 29.2 Å². The minimum absolute atomic E-state index is 0.0128. The van der Waals surface area contributed by atoms with Crippen molar-refractivity contribution in [3.05, 3.63) is 53.9 Å². The fourth-order valence-electron chi connectivity index (χ4n) is 4.05. The maximum absolute atomic E-state index is 11.7. The first-order chi connectivity index (χ1) is 13.8. The number of carbonyl (C=O) groups is 1. The summed E-state index contributed by atoms with van der Waals surface area (Å²) in [5.41, 5.74) is 1.27. The van der Waals surface area contributed by atoms with Crippen LogP contribution in [-0.2, 0) is 11.2 Å². The average Bonchev–Trinajstić information content (AvgIpc) is 3.15. The maximum Gasteiger partial charge on any atom is 0.230 e. The Morgan fingerprint density at radius 1 is 1.11 bits per heavy atom. The lowest BCUT2D eigenvalue weighted by Gasteiger charge is -2.25. The van der Waals surface area contributed by atoms with Gasteiger partial charge in [0.25, 0.3) is 0 Å². The zero-order valence-electron chi connectivity index (χ0n) is 16.2. The summed E-state index contributed by atoms with van der Waals surface area (Å²) in [6.45, 7) is 0. The molecule has 6 heteroatoms. The Balaban J connectivity index is 1.67. The number of hydrogen-bond acceptors (Lipinski definition) is 4. The summed E-state index contributed by atoms with van der Waals surface area (Å²) in [5.74, 6) is 1.39. The van der Waals surface area contributed by atoms with Crippen molar-refractivity contribution < 1.29 is 4.79 Å². The lowest BCUT2D eigenvalue weighted by Crippen LogP contribution is -2.21. The number of fused-ring (bicyclic) bond motifs is 1. The normalized spacial score (nSPS) is 15.0. The predicted molar refractivity (Wildman–Crippen MR) is 114 cm³/mol. The molecule has 1 fully saturated rings. The van der Waals surface area contributed by atoms with E-state index in [-0.39, 0.29) is 5.91 Å². The zero-order valence-corrected chi connectivity index (χ0v) is 17.0. The third-order valence-corrected chi connectivity index (χ3v) is 6.46. The van der Waals surface area contributed by atoms with E-state index in [4.69, 9.17) is 0 Å². The number of aromatic nitrogens is 3. The maximum atomic E-state index is 11.7. The Labute approximate surface area is 169 Å². The minimum Gasteiger partial charge on any atom is -0.358 e. The van der Waals surface area contributed by atoms with E-state index in [2.05, 4.69) is 62.5 Å².